The molecule has 1 rings (SSSR count). The summed E-state index contributed by atoms with van der Waals surface area (Å²) in [5.41, 5.74) is 0.407. The van der Waals surface area contributed by atoms with Crippen LogP contribution in [0.4, 0.5) is 0 Å². The SMILES string of the molecule is COc1cc(Cl)cc(C=O)c1OCCCN(C)C. The van der Waals surface area contributed by atoms with Gasteiger partial charge in [0, 0.05) is 17.6 Å². The van der Waals surface area contributed by atoms with Gasteiger partial charge in [0.25, 0.3) is 0 Å². The molecule has 100 valence electrons. The summed E-state index contributed by atoms with van der Waals surface area (Å²) in [5, 5.41) is 0.453. The molecular formula is C13H18ClNO3. The zero-order valence-corrected chi connectivity index (χ0v) is 11.7. The summed E-state index contributed by atoms with van der Waals surface area (Å²) in [6, 6.07) is 3.20. The number of ether oxygens (including phenoxy) is 2. The molecule has 1 aromatic rings. The molecule has 0 saturated carbocycles. The fourth-order valence-corrected chi connectivity index (χ4v) is 1.75. The van der Waals surface area contributed by atoms with Gasteiger partial charge in [0.1, 0.15) is 0 Å². The number of methoxy groups -OCH3 is 1. The molecule has 4 nitrogen and oxygen atoms in total. The molecule has 18 heavy (non-hydrogen) atoms. The summed E-state index contributed by atoms with van der Waals surface area (Å²) in [5.74, 6) is 0.935. The van der Waals surface area contributed by atoms with Crippen molar-refractivity contribution in [1.29, 1.82) is 0 Å². The van der Waals surface area contributed by atoms with Gasteiger partial charge in [-0.2, -0.15) is 0 Å². The van der Waals surface area contributed by atoms with E-state index >= 15 is 0 Å². The van der Waals surface area contributed by atoms with Crippen LogP contribution in [0.2, 0.25) is 5.02 Å². The molecule has 0 fully saturated rings. The zero-order chi connectivity index (χ0) is 13.5. The summed E-state index contributed by atoms with van der Waals surface area (Å²) in [4.78, 5) is 13.1. The molecule has 0 heterocycles. The minimum atomic E-state index is 0.407. The highest BCUT2D eigenvalue weighted by atomic mass is 35.5. The number of nitrogens with zero attached hydrogens (tertiary/aromatic N) is 1. The van der Waals surface area contributed by atoms with E-state index < -0.39 is 0 Å². The number of halogens is 1. The lowest BCUT2D eigenvalue weighted by atomic mass is 10.2. The molecule has 5 heteroatoms. The maximum absolute atomic E-state index is 11.0. The van der Waals surface area contributed by atoms with Crippen LogP contribution in [0.5, 0.6) is 11.5 Å². The third-order valence-electron chi connectivity index (χ3n) is 2.39. The van der Waals surface area contributed by atoms with E-state index in [0.29, 0.717) is 28.7 Å². The van der Waals surface area contributed by atoms with Crippen molar-refractivity contribution >= 4 is 17.9 Å². The van der Waals surface area contributed by atoms with Gasteiger partial charge in [0.2, 0.25) is 0 Å². The Balaban J connectivity index is 2.76. The van der Waals surface area contributed by atoms with Crippen LogP contribution in [0.25, 0.3) is 0 Å². The van der Waals surface area contributed by atoms with Crippen LogP contribution in [0.1, 0.15) is 16.8 Å². The average Bonchev–Trinajstić information content (AvgIpc) is 2.34. The Bertz CT molecular complexity index is 407. The highest BCUT2D eigenvalue weighted by molar-refractivity contribution is 6.31. The Morgan fingerprint density at radius 2 is 2.11 bits per heavy atom. The predicted molar refractivity (Wildman–Crippen MR) is 72.1 cm³/mol. The first-order chi connectivity index (χ1) is 8.58. The van der Waals surface area contributed by atoms with Crippen LogP contribution in [-0.2, 0) is 0 Å². The fraction of sp³-hybridized carbons (Fsp3) is 0.462. The number of aldehydes is 1. The second-order valence-corrected chi connectivity index (χ2v) is 4.59. The molecule has 0 saturated heterocycles. The number of benzene rings is 1. The molecular weight excluding hydrogens is 254 g/mol. The van der Waals surface area contributed by atoms with Crippen LogP contribution in [0, 0.1) is 0 Å². The van der Waals surface area contributed by atoms with Crippen molar-refractivity contribution in [1.82, 2.24) is 4.90 Å². The summed E-state index contributed by atoms with van der Waals surface area (Å²) >= 11 is 5.88. The maximum atomic E-state index is 11.0. The number of carbonyl (C=O) groups is 1. The largest absolute Gasteiger partial charge is 0.493 e. The van der Waals surface area contributed by atoms with Crippen LogP contribution >= 0.6 is 11.6 Å². The van der Waals surface area contributed by atoms with Crippen LogP contribution in [0.15, 0.2) is 12.1 Å². The molecule has 0 atom stereocenters. The topological polar surface area (TPSA) is 38.8 Å². The third kappa shape index (κ3) is 4.20. The standard InChI is InChI=1S/C13H18ClNO3/c1-15(2)5-4-6-18-13-10(9-16)7-11(14)8-12(13)17-3/h7-9H,4-6H2,1-3H3. The van der Waals surface area contributed by atoms with E-state index in [-0.39, 0.29) is 0 Å². The molecule has 1 aromatic carbocycles. The van der Waals surface area contributed by atoms with Gasteiger partial charge in [0.05, 0.1) is 19.3 Å². The molecule has 0 unspecified atom stereocenters. The molecule has 0 aliphatic carbocycles. The monoisotopic (exact) mass is 271 g/mol. The summed E-state index contributed by atoms with van der Waals surface area (Å²) < 4.78 is 10.8. The second kappa shape index (κ2) is 7.24. The summed E-state index contributed by atoms with van der Waals surface area (Å²) in [6.07, 6.45) is 1.59. The van der Waals surface area contributed by atoms with Crippen molar-refractivity contribution in [2.75, 3.05) is 34.4 Å². The van der Waals surface area contributed by atoms with Gasteiger partial charge in [-0.15, -0.1) is 0 Å². The molecule has 0 N–H and O–H groups in total. The van der Waals surface area contributed by atoms with E-state index in [1.165, 1.54) is 7.11 Å². The lowest BCUT2D eigenvalue weighted by molar-refractivity contribution is 0.111. The van der Waals surface area contributed by atoms with E-state index in [9.17, 15) is 4.79 Å². The lowest BCUT2D eigenvalue weighted by Gasteiger charge is -2.14. The first kappa shape index (κ1) is 14.8. The second-order valence-electron chi connectivity index (χ2n) is 4.15. The summed E-state index contributed by atoms with van der Waals surface area (Å²) in [6.45, 7) is 1.45. The number of rotatable bonds is 7. The molecule has 0 aromatic heterocycles. The van der Waals surface area contributed by atoms with Crippen LogP contribution in [0.3, 0.4) is 0 Å². The molecule has 0 aliphatic rings. The number of hydrogen-bond acceptors (Lipinski definition) is 4. The predicted octanol–water partition coefficient (Wildman–Crippen LogP) is 2.49. The number of hydrogen-bond donors (Lipinski definition) is 0. The zero-order valence-electron chi connectivity index (χ0n) is 10.9. The van der Waals surface area contributed by atoms with Crippen molar-refractivity contribution in [2.24, 2.45) is 0 Å². The molecule has 0 aliphatic heterocycles. The normalized spacial score (nSPS) is 10.5. The van der Waals surface area contributed by atoms with E-state index in [1.807, 2.05) is 14.1 Å². The van der Waals surface area contributed by atoms with E-state index in [4.69, 9.17) is 21.1 Å². The van der Waals surface area contributed by atoms with Gasteiger partial charge in [-0.05, 0) is 26.6 Å². The minimum absolute atomic E-state index is 0.407. The van der Waals surface area contributed by atoms with Crippen molar-refractivity contribution in [3.05, 3.63) is 22.7 Å². The number of carbonyl (C=O) groups excluding carboxylic acids is 1. The Hall–Kier alpha value is -1.26. The van der Waals surface area contributed by atoms with Crippen LogP contribution in [-0.4, -0.2) is 45.5 Å². The highest BCUT2D eigenvalue weighted by Gasteiger charge is 2.12. The van der Waals surface area contributed by atoms with Crippen molar-refractivity contribution in [3.63, 3.8) is 0 Å². The van der Waals surface area contributed by atoms with Gasteiger partial charge < -0.3 is 14.4 Å². The average molecular weight is 272 g/mol. The minimum Gasteiger partial charge on any atom is -0.493 e. The van der Waals surface area contributed by atoms with Crippen molar-refractivity contribution in [3.8, 4) is 11.5 Å². The third-order valence-corrected chi connectivity index (χ3v) is 2.61. The fourth-order valence-electron chi connectivity index (χ4n) is 1.54. The Morgan fingerprint density at radius 1 is 1.39 bits per heavy atom. The molecule has 0 amide bonds. The van der Waals surface area contributed by atoms with E-state index in [2.05, 4.69) is 4.90 Å². The highest BCUT2D eigenvalue weighted by Crippen LogP contribution is 2.33. The lowest BCUT2D eigenvalue weighted by Crippen LogP contribution is -2.16. The first-order valence-corrected chi connectivity index (χ1v) is 6.06. The van der Waals surface area contributed by atoms with Crippen molar-refractivity contribution in [2.45, 2.75) is 6.42 Å². The van der Waals surface area contributed by atoms with Crippen LogP contribution < -0.4 is 9.47 Å². The van der Waals surface area contributed by atoms with Gasteiger partial charge in [-0.1, -0.05) is 11.6 Å². The Morgan fingerprint density at radius 3 is 2.67 bits per heavy atom. The maximum Gasteiger partial charge on any atom is 0.171 e. The quantitative estimate of drug-likeness (QED) is 0.564. The van der Waals surface area contributed by atoms with E-state index in [0.717, 1.165) is 19.3 Å². The first-order valence-electron chi connectivity index (χ1n) is 5.68. The Labute approximate surface area is 112 Å². The van der Waals surface area contributed by atoms with Gasteiger partial charge in [-0.3, -0.25) is 4.79 Å². The van der Waals surface area contributed by atoms with Gasteiger partial charge in [-0.25, -0.2) is 0 Å². The van der Waals surface area contributed by atoms with E-state index in [1.54, 1.807) is 12.1 Å². The van der Waals surface area contributed by atoms with Crippen molar-refractivity contribution < 1.29 is 14.3 Å². The molecule has 0 bridgehead atoms. The summed E-state index contributed by atoms with van der Waals surface area (Å²) in [7, 11) is 5.52. The smallest absolute Gasteiger partial charge is 0.171 e. The Kier molecular flexibility index (Phi) is 5.95. The van der Waals surface area contributed by atoms with Gasteiger partial charge in [0.15, 0.2) is 17.8 Å². The van der Waals surface area contributed by atoms with Gasteiger partial charge >= 0.3 is 0 Å². The molecule has 0 spiro atoms. The molecule has 0 radical (unpaired) electrons.